The van der Waals surface area contributed by atoms with E-state index in [0.29, 0.717) is 31.4 Å². The number of nitrogens with zero attached hydrogens (tertiary/aromatic N) is 3. The minimum absolute atomic E-state index is 0.0453. The van der Waals surface area contributed by atoms with E-state index >= 15 is 0 Å². The molecular formula is C32H38N4O6. The van der Waals surface area contributed by atoms with Gasteiger partial charge in [0.1, 0.15) is 17.8 Å². The zero-order chi connectivity index (χ0) is 30.0. The lowest BCUT2D eigenvalue weighted by atomic mass is 9.90. The van der Waals surface area contributed by atoms with Gasteiger partial charge in [0, 0.05) is 25.0 Å². The van der Waals surface area contributed by atoms with Crippen molar-refractivity contribution in [3.05, 3.63) is 77.1 Å². The van der Waals surface area contributed by atoms with E-state index in [-0.39, 0.29) is 36.7 Å². The molecular weight excluding hydrogens is 536 g/mol. The second kappa shape index (κ2) is 11.9. The van der Waals surface area contributed by atoms with Crippen molar-refractivity contribution in [1.82, 2.24) is 20.0 Å². The molecule has 1 fully saturated rings. The molecule has 42 heavy (non-hydrogen) atoms. The van der Waals surface area contributed by atoms with Crippen LogP contribution in [0.25, 0.3) is 11.1 Å². The van der Waals surface area contributed by atoms with Crippen molar-refractivity contribution in [3.63, 3.8) is 0 Å². The molecule has 2 amide bonds. The molecule has 2 aliphatic carbocycles. The van der Waals surface area contributed by atoms with Crippen LogP contribution in [0.15, 0.2) is 54.7 Å². The maximum atomic E-state index is 13.8. The van der Waals surface area contributed by atoms with Gasteiger partial charge in [0.15, 0.2) is 0 Å². The van der Waals surface area contributed by atoms with Crippen LogP contribution in [0, 0.1) is 0 Å². The van der Waals surface area contributed by atoms with Crippen LogP contribution in [0.4, 0.5) is 9.59 Å². The molecule has 1 saturated carbocycles. The maximum Gasteiger partial charge on any atom is 0.410 e. The van der Waals surface area contributed by atoms with E-state index in [4.69, 9.17) is 9.47 Å². The van der Waals surface area contributed by atoms with Crippen molar-refractivity contribution in [2.45, 2.75) is 76.6 Å². The number of aromatic nitrogens is 2. The van der Waals surface area contributed by atoms with Gasteiger partial charge in [-0.25, -0.2) is 14.4 Å². The number of aryl methyl sites for hydroxylation is 1. The molecule has 3 aromatic rings. The molecule has 5 rings (SSSR count). The van der Waals surface area contributed by atoms with Gasteiger partial charge in [0.2, 0.25) is 0 Å². The number of nitrogens with one attached hydrogen (secondary N) is 1. The molecule has 0 aliphatic heterocycles. The number of ether oxygens (including phenoxy) is 2. The number of aromatic carboxylic acids is 1. The third-order valence-corrected chi connectivity index (χ3v) is 8.04. The second-order valence-corrected chi connectivity index (χ2v) is 12.0. The van der Waals surface area contributed by atoms with E-state index < -0.39 is 23.8 Å². The molecule has 2 aromatic carbocycles. The third kappa shape index (κ3) is 6.27. The van der Waals surface area contributed by atoms with Gasteiger partial charge in [-0.2, -0.15) is 5.10 Å². The Kier molecular flexibility index (Phi) is 8.24. The van der Waals surface area contributed by atoms with Gasteiger partial charge in [-0.1, -0.05) is 48.5 Å². The van der Waals surface area contributed by atoms with E-state index in [9.17, 15) is 19.5 Å². The predicted octanol–water partition coefficient (Wildman–Crippen LogP) is 5.71. The van der Waals surface area contributed by atoms with Gasteiger partial charge in [0.25, 0.3) is 0 Å². The average molecular weight is 575 g/mol. The highest BCUT2D eigenvalue weighted by Gasteiger charge is 2.35. The van der Waals surface area contributed by atoms with Gasteiger partial charge in [-0.05, 0) is 68.7 Å². The summed E-state index contributed by atoms with van der Waals surface area (Å²) in [6.45, 7) is 5.67. The minimum atomic E-state index is -1.10. The number of rotatable bonds is 7. The number of hydrogen-bond acceptors (Lipinski definition) is 6. The molecule has 0 unspecified atom stereocenters. The fraction of sp³-hybridized carbons (Fsp3) is 0.438. The second-order valence-electron chi connectivity index (χ2n) is 12.0. The van der Waals surface area contributed by atoms with Crippen LogP contribution in [0.2, 0.25) is 0 Å². The predicted molar refractivity (Wildman–Crippen MR) is 156 cm³/mol. The summed E-state index contributed by atoms with van der Waals surface area (Å²) in [5.41, 5.74) is 4.40. The Morgan fingerprint density at radius 2 is 1.60 bits per heavy atom. The summed E-state index contributed by atoms with van der Waals surface area (Å²) in [6, 6.07) is 16.0. The van der Waals surface area contributed by atoms with Gasteiger partial charge in [-0.15, -0.1) is 0 Å². The van der Waals surface area contributed by atoms with Crippen LogP contribution in [-0.2, 0) is 23.1 Å². The number of amides is 2. The lowest BCUT2D eigenvalue weighted by Gasteiger charge is -2.37. The summed E-state index contributed by atoms with van der Waals surface area (Å²) in [4.78, 5) is 39.6. The molecule has 1 aromatic heterocycles. The smallest absolute Gasteiger partial charge is 0.410 e. The topological polar surface area (TPSA) is 123 Å². The van der Waals surface area contributed by atoms with E-state index in [1.54, 1.807) is 11.9 Å². The molecule has 0 bridgehead atoms. The number of carbonyl (C=O) groups excluding carboxylic acids is 2. The molecule has 0 radical (unpaired) electrons. The number of hydrogen-bond donors (Lipinski definition) is 2. The fourth-order valence-electron chi connectivity index (χ4n) is 6.02. The Bertz CT molecular complexity index is 1420. The first kappa shape index (κ1) is 29.2. The number of fused-ring (bicyclic) bond motifs is 3. The van der Waals surface area contributed by atoms with Crippen LogP contribution in [-0.4, -0.2) is 62.2 Å². The Morgan fingerprint density at radius 1 is 1.00 bits per heavy atom. The molecule has 2 N–H and O–H groups in total. The highest BCUT2D eigenvalue weighted by atomic mass is 16.6. The van der Waals surface area contributed by atoms with E-state index in [1.165, 1.54) is 10.9 Å². The number of benzene rings is 2. The van der Waals surface area contributed by atoms with Gasteiger partial charge >= 0.3 is 18.2 Å². The first-order chi connectivity index (χ1) is 20.0. The zero-order valence-electron chi connectivity index (χ0n) is 24.5. The SMILES string of the molecule is Cn1ncc(C(=O)O)c1CN(C(=O)OCC1c2ccccc2-c2ccccc21)C1CCC(NC(=O)OC(C)(C)C)CC1. The molecule has 10 heteroatoms. The molecule has 1 heterocycles. The standard InChI is InChI=1S/C32H38N4O6/c1-32(2,3)42-30(39)34-20-13-15-21(16-14-20)36(18-28-26(29(37)38)17-33-35(28)4)31(40)41-19-27-24-11-7-5-9-22(24)23-10-6-8-12-25(23)27/h5-12,17,20-21,27H,13-16,18-19H2,1-4H3,(H,34,39)(H,37,38). The highest BCUT2D eigenvalue weighted by Crippen LogP contribution is 2.44. The highest BCUT2D eigenvalue weighted by molar-refractivity contribution is 5.88. The first-order valence-corrected chi connectivity index (χ1v) is 14.4. The van der Waals surface area contributed by atoms with Crippen LogP contribution in [0.5, 0.6) is 0 Å². The summed E-state index contributed by atoms with van der Waals surface area (Å²) >= 11 is 0. The van der Waals surface area contributed by atoms with Crippen molar-refractivity contribution < 1.29 is 29.0 Å². The van der Waals surface area contributed by atoms with E-state index in [1.807, 2.05) is 45.0 Å². The van der Waals surface area contributed by atoms with E-state index in [0.717, 1.165) is 22.3 Å². The van der Waals surface area contributed by atoms with Crippen molar-refractivity contribution in [1.29, 1.82) is 0 Å². The van der Waals surface area contributed by atoms with Crippen molar-refractivity contribution >= 4 is 18.2 Å². The third-order valence-electron chi connectivity index (χ3n) is 8.04. The zero-order valence-corrected chi connectivity index (χ0v) is 24.5. The number of carboxylic acids is 1. The Hall–Kier alpha value is -4.34. The number of alkyl carbamates (subject to hydrolysis) is 1. The van der Waals surface area contributed by atoms with Crippen molar-refractivity contribution in [2.75, 3.05) is 6.61 Å². The summed E-state index contributed by atoms with van der Waals surface area (Å²) in [6.07, 6.45) is 2.87. The van der Waals surface area contributed by atoms with Gasteiger partial charge < -0.3 is 19.9 Å². The molecule has 0 atom stereocenters. The van der Waals surface area contributed by atoms with Crippen molar-refractivity contribution in [3.8, 4) is 11.1 Å². The summed E-state index contributed by atoms with van der Waals surface area (Å²) in [7, 11) is 1.67. The lowest BCUT2D eigenvalue weighted by molar-refractivity contribution is 0.0452. The monoisotopic (exact) mass is 574 g/mol. The molecule has 222 valence electrons. The number of carbonyl (C=O) groups is 3. The van der Waals surface area contributed by atoms with Crippen LogP contribution in [0.1, 0.15) is 79.6 Å². The summed E-state index contributed by atoms with van der Waals surface area (Å²) in [5.74, 6) is -1.20. The molecule has 10 nitrogen and oxygen atoms in total. The number of carboxylic acid groups (broad SMARTS) is 1. The van der Waals surface area contributed by atoms with Gasteiger partial charge in [-0.3, -0.25) is 9.58 Å². The quantitative estimate of drug-likeness (QED) is 0.371. The maximum absolute atomic E-state index is 13.8. The van der Waals surface area contributed by atoms with E-state index in [2.05, 4.69) is 34.7 Å². The van der Waals surface area contributed by atoms with Gasteiger partial charge in [0.05, 0.1) is 18.4 Å². The average Bonchev–Trinajstić information content (AvgIpc) is 3.47. The van der Waals surface area contributed by atoms with Crippen LogP contribution >= 0.6 is 0 Å². The normalized spacial score (nSPS) is 18.1. The molecule has 0 saturated heterocycles. The largest absolute Gasteiger partial charge is 0.478 e. The molecule has 2 aliphatic rings. The Morgan fingerprint density at radius 3 is 2.17 bits per heavy atom. The fourth-order valence-corrected chi connectivity index (χ4v) is 6.02. The molecule has 0 spiro atoms. The minimum Gasteiger partial charge on any atom is -0.478 e. The summed E-state index contributed by atoms with van der Waals surface area (Å²) in [5, 5.41) is 16.8. The van der Waals surface area contributed by atoms with Crippen LogP contribution in [0.3, 0.4) is 0 Å². The Balaban J connectivity index is 1.32. The van der Waals surface area contributed by atoms with Crippen molar-refractivity contribution in [2.24, 2.45) is 7.05 Å². The summed E-state index contributed by atoms with van der Waals surface area (Å²) < 4.78 is 12.9. The lowest BCUT2D eigenvalue weighted by Crippen LogP contribution is -2.47. The first-order valence-electron chi connectivity index (χ1n) is 14.4. The Labute approximate surface area is 245 Å². The van der Waals surface area contributed by atoms with Crippen LogP contribution < -0.4 is 5.32 Å².